The van der Waals surface area contributed by atoms with Crippen LogP contribution in [0.2, 0.25) is 0 Å². The van der Waals surface area contributed by atoms with Gasteiger partial charge in [0.15, 0.2) is 0 Å². The third-order valence-electron chi connectivity index (χ3n) is 17.4. The van der Waals surface area contributed by atoms with Crippen LogP contribution >= 0.6 is 0 Å². The molecule has 0 radical (unpaired) electrons. The Morgan fingerprint density at radius 1 is 0.208 bits per heavy atom. The summed E-state index contributed by atoms with van der Waals surface area (Å²) in [6.07, 6.45) is 4.99. The summed E-state index contributed by atoms with van der Waals surface area (Å²) in [7, 11) is 0. The third kappa shape index (κ3) is 13.2. The molecular weight excluding hydrogens is 577 g/mol. The highest BCUT2D eigenvalue weighted by Gasteiger charge is 2.46. The van der Waals surface area contributed by atoms with Gasteiger partial charge in [-0.15, -0.1) is 0 Å². The zero-order valence-electron chi connectivity index (χ0n) is 40.8. The highest BCUT2D eigenvalue weighted by molar-refractivity contribution is 4.96. The first-order valence-electron chi connectivity index (χ1n) is 20.2. The van der Waals surface area contributed by atoms with E-state index in [1.165, 1.54) is 25.7 Å². The Morgan fingerprint density at radius 3 is 0.375 bits per heavy atom. The van der Waals surface area contributed by atoms with E-state index in [1.54, 1.807) is 0 Å². The van der Waals surface area contributed by atoms with Crippen LogP contribution in [0.15, 0.2) is 0 Å². The van der Waals surface area contributed by atoms with Crippen LogP contribution in [0.25, 0.3) is 0 Å². The van der Waals surface area contributed by atoms with Crippen molar-refractivity contribution in [3.63, 3.8) is 0 Å². The van der Waals surface area contributed by atoms with Crippen molar-refractivity contribution >= 4 is 0 Å². The van der Waals surface area contributed by atoms with Crippen LogP contribution in [0.5, 0.6) is 0 Å². The van der Waals surface area contributed by atoms with Gasteiger partial charge >= 0.3 is 0 Å². The van der Waals surface area contributed by atoms with Crippen LogP contribution in [-0.2, 0) is 0 Å². The molecule has 0 unspecified atom stereocenters. The second-order valence-electron chi connectivity index (χ2n) is 24.5. The average Bonchev–Trinajstić information content (AvgIpc) is 2.85. The van der Waals surface area contributed by atoms with Crippen LogP contribution in [0, 0.1) is 65.0 Å². The number of rotatable bonds is 7. The van der Waals surface area contributed by atoms with E-state index in [-0.39, 0.29) is 0 Å². The molecule has 0 spiro atoms. The summed E-state index contributed by atoms with van der Waals surface area (Å²) in [5, 5.41) is 0. The molecule has 0 amide bonds. The van der Waals surface area contributed by atoms with Crippen LogP contribution in [0.1, 0.15) is 247 Å². The maximum atomic E-state index is 2.41. The summed E-state index contributed by atoms with van der Waals surface area (Å²) in [6, 6.07) is 0. The lowest BCUT2D eigenvalue weighted by Crippen LogP contribution is -2.43. The molecule has 0 aromatic rings. The SMILES string of the molecule is CCC(C)(C(C)(C)C)C(C)(C)C.CCC(C)(C)C(C)(C)C(C)(C)C.CCC(C)(C)C(C)(C)C(C)(C)C.CCC(C)(C)C(C)(C)C(C)(C)C. The van der Waals surface area contributed by atoms with Crippen LogP contribution in [0.3, 0.4) is 0 Å². The topological polar surface area (TPSA) is 0 Å². The molecule has 0 nitrogen and oxygen atoms in total. The zero-order chi connectivity index (χ0) is 40.8. The predicted molar refractivity (Wildman–Crippen MR) is 229 cm³/mol. The van der Waals surface area contributed by atoms with Crippen LogP contribution in [-0.4, -0.2) is 0 Å². The van der Waals surface area contributed by atoms with Crippen molar-refractivity contribution in [1.29, 1.82) is 0 Å². The summed E-state index contributed by atoms with van der Waals surface area (Å²) in [4.78, 5) is 0. The minimum absolute atomic E-state index is 0.381. The monoisotopic (exact) mass is 681 g/mol. The first kappa shape index (κ1) is 54.8. The molecule has 0 aromatic carbocycles. The van der Waals surface area contributed by atoms with Gasteiger partial charge in [-0.1, -0.05) is 241 Å². The molecule has 0 fully saturated rings. The Labute approximate surface area is 311 Å². The Balaban J connectivity index is -0.000000269. The van der Waals surface area contributed by atoms with Gasteiger partial charge in [-0.2, -0.15) is 0 Å². The predicted octanol–water partition coefficient (Wildman–Crippen LogP) is 18.0. The maximum Gasteiger partial charge on any atom is -0.0231 e. The second-order valence-corrected chi connectivity index (χ2v) is 24.5. The van der Waals surface area contributed by atoms with E-state index >= 15 is 0 Å². The van der Waals surface area contributed by atoms with Gasteiger partial charge in [0, 0.05) is 0 Å². The number of hydrogen-bond donors (Lipinski definition) is 0. The smallest absolute Gasteiger partial charge is 0.0231 e. The van der Waals surface area contributed by atoms with Gasteiger partial charge in [0.1, 0.15) is 0 Å². The van der Waals surface area contributed by atoms with Crippen molar-refractivity contribution in [3.8, 4) is 0 Å². The molecule has 0 aliphatic rings. The van der Waals surface area contributed by atoms with Gasteiger partial charge in [-0.3, -0.25) is 0 Å². The van der Waals surface area contributed by atoms with Crippen molar-refractivity contribution in [1.82, 2.24) is 0 Å². The maximum absolute atomic E-state index is 2.41. The van der Waals surface area contributed by atoms with Gasteiger partial charge in [0.25, 0.3) is 0 Å². The first-order valence-corrected chi connectivity index (χ1v) is 20.2. The Hall–Kier alpha value is 0. The summed E-state index contributed by atoms with van der Waals surface area (Å²) in [5.41, 5.74) is 4.76. The largest absolute Gasteiger partial charge is 0.0649 e. The molecule has 0 rings (SSSR count). The summed E-state index contributed by atoms with van der Waals surface area (Å²) in [6.45, 7) is 75.3. The molecule has 0 aliphatic heterocycles. The quantitative estimate of drug-likeness (QED) is 0.251. The fourth-order valence-electron chi connectivity index (χ4n) is 6.56. The summed E-state index contributed by atoms with van der Waals surface area (Å²) >= 11 is 0. The zero-order valence-corrected chi connectivity index (χ0v) is 40.8. The lowest BCUT2D eigenvalue weighted by molar-refractivity contribution is -0.0172. The first-order chi connectivity index (χ1) is 20.2. The molecule has 296 valence electrons. The van der Waals surface area contributed by atoms with E-state index in [1.807, 2.05) is 0 Å². The molecule has 0 heterocycles. The normalized spacial score (nSPS) is 15.0. The van der Waals surface area contributed by atoms with E-state index in [4.69, 9.17) is 0 Å². The van der Waals surface area contributed by atoms with E-state index in [9.17, 15) is 0 Å². The lowest BCUT2D eigenvalue weighted by Gasteiger charge is -2.51. The van der Waals surface area contributed by atoms with Gasteiger partial charge in [0.05, 0.1) is 0 Å². The van der Waals surface area contributed by atoms with E-state index in [0.717, 1.165) is 0 Å². The molecule has 48 heavy (non-hydrogen) atoms. The molecule has 0 heteroatoms. The summed E-state index contributed by atoms with van der Waals surface area (Å²) in [5.74, 6) is 0. The second kappa shape index (κ2) is 17.2. The van der Waals surface area contributed by atoms with E-state index < -0.39 is 0 Å². The molecule has 0 aromatic heterocycles. The average molecular weight is 681 g/mol. The van der Waals surface area contributed by atoms with Gasteiger partial charge in [-0.05, 0) is 71.4 Å². The minimum Gasteiger partial charge on any atom is -0.0649 e. The van der Waals surface area contributed by atoms with Crippen molar-refractivity contribution in [3.05, 3.63) is 0 Å². The van der Waals surface area contributed by atoms with Crippen LogP contribution < -0.4 is 0 Å². The Kier molecular flexibility index (Phi) is 19.6. The molecule has 0 N–H and O–H groups in total. The van der Waals surface area contributed by atoms with E-state index in [2.05, 4.69) is 222 Å². The number of hydrogen-bond acceptors (Lipinski definition) is 0. The van der Waals surface area contributed by atoms with E-state index in [0.29, 0.717) is 65.0 Å². The highest BCUT2D eigenvalue weighted by Crippen LogP contribution is 2.55. The molecule has 0 saturated heterocycles. The van der Waals surface area contributed by atoms with Gasteiger partial charge in [-0.25, -0.2) is 0 Å². The molecule has 0 atom stereocenters. The van der Waals surface area contributed by atoms with Gasteiger partial charge in [0.2, 0.25) is 0 Å². The third-order valence-corrected chi connectivity index (χ3v) is 17.4. The standard InChI is InChI=1S/4C12H26/c3*1-9-11(5,6)12(7,8)10(2,3)4;1-9-12(8,10(2,3)4)11(5,6)7/h4*9H2,1-8H3. The molecule has 0 aliphatic carbocycles. The highest BCUT2D eigenvalue weighted by atomic mass is 14.5. The molecular formula is C48H104. The van der Waals surface area contributed by atoms with Crippen molar-refractivity contribution in [2.45, 2.75) is 247 Å². The van der Waals surface area contributed by atoms with Crippen molar-refractivity contribution < 1.29 is 0 Å². The fraction of sp³-hybridized carbons (Fsp3) is 1.00. The molecule has 0 bridgehead atoms. The Morgan fingerprint density at radius 2 is 0.354 bits per heavy atom. The minimum atomic E-state index is 0.381. The fourth-order valence-corrected chi connectivity index (χ4v) is 6.56. The summed E-state index contributed by atoms with van der Waals surface area (Å²) < 4.78 is 0. The van der Waals surface area contributed by atoms with Crippen molar-refractivity contribution in [2.75, 3.05) is 0 Å². The lowest BCUT2D eigenvalue weighted by atomic mass is 9.54. The van der Waals surface area contributed by atoms with Crippen molar-refractivity contribution in [2.24, 2.45) is 65.0 Å². The molecule has 0 saturated carbocycles. The van der Waals surface area contributed by atoms with Crippen LogP contribution in [0.4, 0.5) is 0 Å². The van der Waals surface area contributed by atoms with Gasteiger partial charge < -0.3 is 0 Å². The Bertz CT molecular complexity index is 772.